The molecular weight excluding hydrogens is 436 g/mol. The number of benzene rings is 2. The molecule has 1 aliphatic heterocycles. The van der Waals surface area contributed by atoms with E-state index in [2.05, 4.69) is 34.9 Å². The standard InChI is InChI=1S/C26H28N2O6/c29-24(27-13-16-9-10-23(34-16)25(30)31)21-11-15(21)12-28-26(32)33-14-22-19-7-3-1-5-17(19)18-6-2-4-8-20(18)22/h1-8,15-16,21-23H,9-14H2,(H,27,29)(H,28,32)(H,30,31). The highest BCUT2D eigenvalue weighted by atomic mass is 16.5. The van der Waals surface area contributed by atoms with Gasteiger partial charge in [-0.15, -0.1) is 0 Å². The molecule has 8 heteroatoms. The van der Waals surface area contributed by atoms with Crippen LogP contribution >= 0.6 is 0 Å². The monoisotopic (exact) mass is 464 g/mol. The highest BCUT2D eigenvalue weighted by Crippen LogP contribution is 2.44. The highest BCUT2D eigenvalue weighted by molar-refractivity contribution is 5.82. The number of carboxylic acids is 1. The van der Waals surface area contributed by atoms with Crippen LogP contribution < -0.4 is 10.6 Å². The van der Waals surface area contributed by atoms with Crippen molar-refractivity contribution in [2.75, 3.05) is 19.7 Å². The van der Waals surface area contributed by atoms with E-state index in [0.29, 0.717) is 32.4 Å². The smallest absolute Gasteiger partial charge is 0.407 e. The van der Waals surface area contributed by atoms with Gasteiger partial charge in [0.25, 0.3) is 0 Å². The molecule has 4 atom stereocenters. The van der Waals surface area contributed by atoms with Crippen molar-refractivity contribution in [2.24, 2.45) is 11.8 Å². The average molecular weight is 465 g/mol. The maximum atomic E-state index is 12.3. The number of hydrogen-bond donors (Lipinski definition) is 3. The van der Waals surface area contributed by atoms with Crippen LogP contribution in [0.1, 0.15) is 36.3 Å². The number of aliphatic carboxylic acids is 1. The van der Waals surface area contributed by atoms with E-state index < -0.39 is 18.2 Å². The zero-order valence-electron chi connectivity index (χ0n) is 18.7. The van der Waals surface area contributed by atoms with Gasteiger partial charge in [-0.2, -0.15) is 0 Å². The van der Waals surface area contributed by atoms with Gasteiger partial charge in [0.1, 0.15) is 6.61 Å². The van der Waals surface area contributed by atoms with Crippen LogP contribution in [0.4, 0.5) is 4.79 Å². The van der Waals surface area contributed by atoms with E-state index in [4.69, 9.17) is 14.6 Å². The van der Waals surface area contributed by atoms with E-state index in [1.807, 2.05) is 24.3 Å². The topological polar surface area (TPSA) is 114 Å². The molecule has 1 saturated carbocycles. The number of alkyl carbamates (subject to hydrolysis) is 1. The van der Waals surface area contributed by atoms with Gasteiger partial charge in [0, 0.05) is 24.9 Å². The molecule has 8 nitrogen and oxygen atoms in total. The first-order valence-electron chi connectivity index (χ1n) is 11.8. The molecule has 1 heterocycles. The SMILES string of the molecule is O=C(NCC1CC1C(=O)NCC1CCC(C(=O)O)O1)OCC1c2ccccc2-c2ccccc21. The van der Waals surface area contributed by atoms with Gasteiger partial charge in [0.15, 0.2) is 6.10 Å². The second-order valence-corrected chi connectivity index (χ2v) is 9.22. The number of nitrogens with one attached hydrogen (secondary N) is 2. The predicted molar refractivity (Wildman–Crippen MR) is 123 cm³/mol. The summed E-state index contributed by atoms with van der Waals surface area (Å²) in [7, 11) is 0. The molecule has 34 heavy (non-hydrogen) atoms. The first-order valence-corrected chi connectivity index (χ1v) is 11.8. The van der Waals surface area contributed by atoms with Crippen molar-refractivity contribution >= 4 is 18.0 Å². The van der Waals surface area contributed by atoms with Crippen LogP contribution in [0.15, 0.2) is 48.5 Å². The minimum atomic E-state index is -0.963. The summed E-state index contributed by atoms with van der Waals surface area (Å²) in [5.41, 5.74) is 4.69. The molecule has 2 aromatic rings. The fourth-order valence-electron chi connectivity index (χ4n) is 5.04. The average Bonchev–Trinajstić information content (AvgIpc) is 3.34. The van der Waals surface area contributed by atoms with Gasteiger partial charge in [-0.1, -0.05) is 48.5 Å². The number of carbonyl (C=O) groups is 3. The largest absolute Gasteiger partial charge is 0.479 e. The van der Waals surface area contributed by atoms with Crippen molar-refractivity contribution in [3.05, 3.63) is 59.7 Å². The van der Waals surface area contributed by atoms with Gasteiger partial charge in [-0.05, 0) is 47.4 Å². The summed E-state index contributed by atoms with van der Waals surface area (Å²) in [5.74, 6) is -1.10. The van der Waals surface area contributed by atoms with E-state index in [9.17, 15) is 14.4 Å². The third-order valence-corrected chi connectivity index (χ3v) is 7.00. The molecule has 0 radical (unpaired) electrons. The summed E-state index contributed by atoms with van der Waals surface area (Å²) >= 11 is 0. The molecule has 0 aromatic heterocycles. The lowest BCUT2D eigenvalue weighted by molar-refractivity contribution is -0.149. The molecule has 0 bridgehead atoms. The van der Waals surface area contributed by atoms with Crippen LogP contribution in [0.3, 0.4) is 0 Å². The first-order chi connectivity index (χ1) is 16.5. The van der Waals surface area contributed by atoms with Gasteiger partial charge < -0.3 is 25.2 Å². The summed E-state index contributed by atoms with van der Waals surface area (Å²) in [5, 5.41) is 14.6. The number of carboxylic acid groups (broad SMARTS) is 1. The van der Waals surface area contributed by atoms with Crippen LogP contribution in [-0.4, -0.2) is 55.0 Å². The molecule has 4 unspecified atom stereocenters. The van der Waals surface area contributed by atoms with Gasteiger partial charge in [0.2, 0.25) is 5.91 Å². The number of ether oxygens (including phenoxy) is 2. The van der Waals surface area contributed by atoms with Gasteiger partial charge in [0.05, 0.1) is 6.10 Å². The maximum absolute atomic E-state index is 12.3. The van der Waals surface area contributed by atoms with E-state index in [1.54, 1.807) is 0 Å². The normalized spacial score (nSPS) is 24.7. The first kappa shape index (κ1) is 22.4. The molecular formula is C26H28N2O6. The lowest BCUT2D eigenvalue weighted by Gasteiger charge is -2.14. The molecule has 1 saturated heterocycles. The molecule has 0 spiro atoms. The van der Waals surface area contributed by atoms with E-state index in [1.165, 1.54) is 11.1 Å². The van der Waals surface area contributed by atoms with Crippen molar-refractivity contribution in [3.8, 4) is 11.1 Å². The summed E-state index contributed by atoms with van der Waals surface area (Å²) in [6.07, 6.45) is 0.268. The van der Waals surface area contributed by atoms with Crippen molar-refractivity contribution in [1.29, 1.82) is 0 Å². The molecule has 3 N–H and O–H groups in total. The highest BCUT2D eigenvalue weighted by Gasteiger charge is 2.43. The second kappa shape index (κ2) is 9.46. The zero-order chi connectivity index (χ0) is 23.7. The quantitative estimate of drug-likeness (QED) is 0.554. The Hall–Kier alpha value is -3.39. The lowest BCUT2D eigenvalue weighted by atomic mass is 9.98. The lowest BCUT2D eigenvalue weighted by Crippen LogP contribution is -2.35. The summed E-state index contributed by atoms with van der Waals surface area (Å²) in [4.78, 5) is 35.6. The molecule has 2 aromatic carbocycles. The van der Waals surface area contributed by atoms with Crippen LogP contribution in [0.5, 0.6) is 0 Å². The minimum absolute atomic E-state index is 0.0103. The molecule has 3 aliphatic rings. The Labute approximate surface area is 197 Å². The van der Waals surface area contributed by atoms with Gasteiger partial charge >= 0.3 is 12.1 Å². The Morgan fingerprint density at radius 2 is 1.62 bits per heavy atom. The number of carbonyl (C=O) groups excluding carboxylic acids is 2. The number of fused-ring (bicyclic) bond motifs is 3. The third kappa shape index (κ3) is 4.63. The molecule has 2 amide bonds. The zero-order valence-corrected chi connectivity index (χ0v) is 18.7. The minimum Gasteiger partial charge on any atom is -0.479 e. The Morgan fingerprint density at radius 1 is 0.941 bits per heavy atom. The van der Waals surface area contributed by atoms with Crippen molar-refractivity contribution in [2.45, 2.75) is 37.4 Å². The fourth-order valence-corrected chi connectivity index (χ4v) is 5.04. The van der Waals surface area contributed by atoms with E-state index in [-0.39, 0.29) is 36.4 Å². The molecule has 2 aliphatic carbocycles. The number of hydrogen-bond acceptors (Lipinski definition) is 5. The Kier molecular flexibility index (Phi) is 6.24. The fraction of sp³-hybridized carbons (Fsp3) is 0.423. The van der Waals surface area contributed by atoms with Crippen LogP contribution in [0.2, 0.25) is 0 Å². The summed E-state index contributed by atoms with van der Waals surface area (Å²) in [6, 6.07) is 16.4. The van der Waals surface area contributed by atoms with Crippen LogP contribution in [0.25, 0.3) is 11.1 Å². The van der Waals surface area contributed by atoms with Crippen molar-refractivity contribution < 1.29 is 29.0 Å². The van der Waals surface area contributed by atoms with Crippen LogP contribution in [-0.2, 0) is 19.1 Å². The van der Waals surface area contributed by atoms with Gasteiger partial charge in [-0.25, -0.2) is 9.59 Å². The Balaban J connectivity index is 1.04. The van der Waals surface area contributed by atoms with Gasteiger partial charge in [-0.3, -0.25) is 4.79 Å². The number of amides is 2. The third-order valence-electron chi connectivity index (χ3n) is 7.00. The van der Waals surface area contributed by atoms with E-state index in [0.717, 1.165) is 11.1 Å². The van der Waals surface area contributed by atoms with Crippen molar-refractivity contribution in [1.82, 2.24) is 10.6 Å². The Morgan fingerprint density at radius 3 is 2.26 bits per heavy atom. The van der Waals surface area contributed by atoms with Crippen LogP contribution in [0, 0.1) is 11.8 Å². The molecule has 2 fully saturated rings. The predicted octanol–water partition coefficient (Wildman–Crippen LogP) is 2.91. The summed E-state index contributed by atoms with van der Waals surface area (Å²) in [6.45, 7) is 0.953. The summed E-state index contributed by atoms with van der Waals surface area (Å²) < 4.78 is 10.9. The van der Waals surface area contributed by atoms with E-state index >= 15 is 0 Å². The Bertz CT molecular complexity index is 1060. The molecule has 178 valence electrons. The second-order valence-electron chi connectivity index (χ2n) is 9.22. The van der Waals surface area contributed by atoms with Crippen molar-refractivity contribution in [3.63, 3.8) is 0 Å². The molecule has 5 rings (SSSR count). The maximum Gasteiger partial charge on any atom is 0.407 e. The number of rotatable bonds is 8.